The predicted molar refractivity (Wildman–Crippen MR) is 65.0 cm³/mol. The summed E-state index contributed by atoms with van der Waals surface area (Å²) in [5, 5.41) is 0. The standard InChI is InChI=1S/C11H24N4/c1-11(2,3)13-10(12)15-7-6-9(8-15)14(4)5/h9H,6-8H2,1-5H3,(H2,12,13). The maximum absolute atomic E-state index is 5.98. The monoisotopic (exact) mass is 212 g/mol. The first-order valence-electron chi connectivity index (χ1n) is 5.56. The van der Waals surface area contributed by atoms with Gasteiger partial charge in [0.1, 0.15) is 0 Å². The molecule has 0 spiro atoms. The molecule has 0 amide bonds. The van der Waals surface area contributed by atoms with Gasteiger partial charge in [-0.3, -0.25) is 0 Å². The second-order valence-electron chi connectivity index (χ2n) is 5.49. The summed E-state index contributed by atoms with van der Waals surface area (Å²) in [5.74, 6) is 0.687. The average molecular weight is 212 g/mol. The Morgan fingerprint density at radius 1 is 1.40 bits per heavy atom. The van der Waals surface area contributed by atoms with Crippen molar-refractivity contribution in [3.63, 3.8) is 0 Å². The van der Waals surface area contributed by atoms with E-state index in [1.165, 1.54) is 6.42 Å². The lowest BCUT2D eigenvalue weighted by Crippen LogP contribution is -2.40. The molecule has 1 saturated heterocycles. The minimum absolute atomic E-state index is 0.0830. The fourth-order valence-electron chi connectivity index (χ4n) is 1.79. The van der Waals surface area contributed by atoms with Gasteiger partial charge in [0.15, 0.2) is 5.96 Å². The molecule has 2 N–H and O–H groups in total. The van der Waals surface area contributed by atoms with E-state index in [0.717, 1.165) is 13.1 Å². The van der Waals surface area contributed by atoms with Gasteiger partial charge in [-0.05, 0) is 41.3 Å². The van der Waals surface area contributed by atoms with Gasteiger partial charge in [0, 0.05) is 19.1 Å². The van der Waals surface area contributed by atoms with Crippen molar-refractivity contribution in [1.29, 1.82) is 0 Å². The number of nitrogens with two attached hydrogens (primary N) is 1. The molecule has 1 aliphatic heterocycles. The molecule has 0 aromatic carbocycles. The van der Waals surface area contributed by atoms with E-state index in [1.807, 2.05) is 0 Å². The predicted octanol–water partition coefficient (Wildman–Crippen LogP) is 0.736. The first kappa shape index (κ1) is 12.3. The fourth-order valence-corrected chi connectivity index (χ4v) is 1.79. The molecule has 1 atom stereocenters. The number of rotatable bonds is 1. The van der Waals surface area contributed by atoms with Crippen molar-refractivity contribution < 1.29 is 0 Å². The lowest BCUT2D eigenvalue weighted by atomic mass is 10.1. The van der Waals surface area contributed by atoms with Crippen molar-refractivity contribution in [3.05, 3.63) is 0 Å². The molecule has 1 unspecified atom stereocenters. The Bertz CT molecular complexity index is 239. The Morgan fingerprint density at radius 3 is 2.40 bits per heavy atom. The lowest BCUT2D eigenvalue weighted by Gasteiger charge is -2.23. The summed E-state index contributed by atoms with van der Waals surface area (Å²) in [7, 11) is 4.23. The van der Waals surface area contributed by atoms with Gasteiger partial charge in [-0.2, -0.15) is 0 Å². The van der Waals surface area contributed by atoms with Crippen molar-refractivity contribution in [3.8, 4) is 0 Å². The van der Waals surface area contributed by atoms with Crippen LogP contribution >= 0.6 is 0 Å². The summed E-state index contributed by atoms with van der Waals surface area (Å²) in [5.41, 5.74) is 5.90. The molecule has 15 heavy (non-hydrogen) atoms. The molecule has 88 valence electrons. The zero-order valence-electron chi connectivity index (χ0n) is 10.6. The molecule has 0 saturated carbocycles. The number of guanidine groups is 1. The highest BCUT2D eigenvalue weighted by atomic mass is 15.3. The first-order chi connectivity index (χ1) is 6.79. The van der Waals surface area contributed by atoms with Crippen molar-refractivity contribution in [2.45, 2.75) is 38.8 Å². The van der Waals surface area contributed by atoms with E-state index in [9.17, 15) is 0 Å². The van der Waals surface area contributed by atoms with Gasteiger partial charge in [0.05, 0.1) is 5.54 Å². The molecule has 0 aromatic rings. The Kier molecular flexibility index (Phi) is 3.60. The molecule has 1 fully saturated rings. The van der Waals surface area contributed by atoms with Crippen LogP contribution in [0.1, 0.15) is 27.2 Å². The smallest absolute Gasteiger partial charge is 0.191 e. The Hall–Kier alpha value is -0.770. The SMILES string of the molecule is CN(C)C1CCN(C(N)=NC(C)(C)C)C1. The molecule has 4 nitrogen and oxygen atoms in total. The molecule has 1 heterocycles. The highest BCUT2D eigenvalue weighted by molar-refractivity contribution is 5.78. The summed E-state index contributed by atoms with van der Waals surface area (Å²) < 4.78 is 0. The Morgan fingerprint density at radius 2 is 2.00 bits per heavy atom. The van der Waals surface area contributed by atoms with Crippen LogP contribution in [0.15, 0.2) is 4.99 Å². The zero-order chi connectivity index (χ0) is 11.6. The minimum atomic E-state index is -0.0830. The third-order valence-corrected chi connectivity index (χ3v) is 2.67. The van der Waals surface area contributed by atoms with E-state index in [0.29, 0.717) is 12.0 Å². The Labute approximate surface area is 93.1 Å². The van der Waals surface area contributed by atoms with E-state index < -0.39 is 0 Å². The third-order valence-electron chi connectivity index (χ3n) is 2.67. The van der Waals surface area contributed by atoms with E-state index in [4.69, 9.17) is 5.73 Å². The quantitative estimate of drug-likeness (QED) is 0.515. The zero-order valence-corrected chi connectivity index (χ0v) is 10.6. The van der Waals surface area contributed by atoms with E-state index in [2.05, 4.69) is 49.7 Å². The molecule has 0 aliphatic carbocycles. The topological polar surface area (TPSA) is 44.9 Å². The number of nitrogens with zero attached hydrogens (tertiary/aromatic N) is 3. The number of hydrogen-bond acceptors (Lipinski definition) is 2. The van der Waals surface area contributed by atoms with Crippen LogP contribution in [0.4, 0.5) is 0 Å². The van der Waals surface area contributed by atoms with Crippen molar-refractivity contribution in [2.75, 3.05) is 27.2 Å². The van der Waals surface area contributed by atoms with Gasteiger partial charge in [-0.15, -0.1) is 0 Å². The maximum atomic E-state index is 5.98. The van der Waals surface area contributed by atoms with Gasteiger partial charge >= 0.3 is 0 Å². The molecule has 1 aliphatic rings. The van der Waals surface area contributed by atoms with E-state index >= 15 is 0 Å². The number of hydrogen-bond donors (Lipinski definition) is 1. The number of aliphatic imine (C=N–C) groups is 1. The maximum Gasteiger partial charge on any atom is 0.191 e. The largest absolute Gasteiger partial charge is 0.370 e. The average Bonchev–Trinajstić information content (AvgIpc) is 2.47. The van der Waals surface area contributed by atoms with Crippen molar-refractivity contribution in [1.82, 2.24) is 9.80 Å². The molecular formula is C11H24N4. The summed E-state index contributed by atoms with van der Waals surface area (Å²) >= 11 is 0. The fraction of sp³-hybridized carbons (Fsp3) is 0.909. The number of likely N-dealkylation sites (N-methyl/N-ethyl adjacent to an activating group) is 1. The highest BCUT2D eigenvalue weighted by Crippen LogP contribution is 2.14. The van der Waals surface area contributed by atoms with Crippen LogP contribution in [0, 0.1) is 0 Å². The van der Waals surface area contributed by atoms with Crippen LogP contribution in [0.25, 0.3) is 0 Å². The molecular weight excluding hydrogens is 188 g/mol. The summed E-state index contributed by atoms with van der Waals surface area (Å²) in [6, 6.07) is 0.610. The lowest BCUT2D eigenvalue weighted by molar-refractivity contribution is 0.300. The second-order valence-corrected chi connectivity index (χ2v) is 5.49. The van der Waals surface area contributed by atoms with Crippen LogP contribution in [0.3, 0.4) is 0 Å². The molecule has 0 bridgehead atoms. The number of likely N-dealkylation sites (tertiary alicyclic amines) is 1. The Balaban J connectivity index is 2.57. The van der Waals surface area contributed by atoms with Crippen LogP contribution in [0.2, 0.25) is 0 Å². The summed E-state index contributed by atoms with van der Waals surface area (Å²) in [6.07, 6.45) is 1.17. The third kappa shape index (κ3) is 3.70. The summed E-state index contributed by atoms with van der Waals surface area (Å²) in [4.78, 5) is 8.92. The van der Waals surface area contributed by atoms with E-state index in [1.54, 1.807) is 0 Å². The minimum Gasteiger partial charge on any atom is -0.370 e. The molecule has 0 radical (unpaired) electrons. The highest BCUT2D eigenvalue weighted by Gasteiger charge is 2.25. The van der Waals surface area contributed by atoms with Crippen LogP contribution in [-0.2, 0) is 0 Å². The normalized spacial score (nSPS) is 24.0. The van der Waals surface area contributed by atoms with Crippen LogP contribution in [0.5, 0.6) is 0 Å². The molecule has 1 rings (SSSR count). The van der Waals surface area contributed by atoms with Crippen molar-refractivity contribution in [2.24, 2.45) is 10.7 Å². The van der Waals surface area contributed by atoms with Gasteiger partial charge < -0.3 is 15.5 Å². The second kappa shape index (κ2) is 4.39. The molecule has 4 heteroatoms. The first-order valence-corrected chi connectivity index (χ1v) is 5.56. The van der Waals surface area contributed by atoms with Gasteiger partial charge in [-0.25, -0.2) is 4.99 Å². The van der Waals surface area contributed by atoms with Crippen LogP contribution < -0.4 is 5.73 Å². The molecule has 0 aromatic heterocycles. The van der Waals surface area contributed by atoms with E-state index in [-0.39, 0.29) is 5.54 Å². The van der Waals surface area contributed by atoms with Gasteiger partial charge in [0.25, 0.3) is 0 Å². The summed E-state index contributed by atoms with van der Waals surface area (Å²) in [6.45, 7) is 8.23. The van der Waals surface area contributed by atoms with Crippen molar-refractivity contribution >= 4 is 5.96 Å². The van der Waals surface area contributed by atoms with Gasteiger partial charge in [-0.1, -0.05) is 0 Å². The van der Waals surface area contributed by atoms with Crippen LogP contribution in [-0.4, -0.2) is 54.5 Å². The van der Waals surface area contributed by atoms with Gasteiger partial charge in [0.2, 0.25) is 0 Å².